The van der Waals surface area contributed by atoms with Crippen LogP contribution in [0, 0.1) is 0 Å². The number of amides is 2. The van der Waals surface area contributed by atoms with Crippen molar-refractivity contribution in [2.75, 3.05) is 40.4 Å². The number of benzene rings is 4. The maximum atomic E-state index is 12.7. The molecule has 0 aliphatic rings. The molecule has 0 unspecified atom stereocenters. The molecule has 10 nitrogen and oxygen atoms in total. The van der Waals surface area contributed by atoms with Crippen LogP contribution >= 0.6 is 22.7 Å². The number of carbonyl (C=O) groups is 2. The van der Waals surface area contributed by atoms with E-state index in [9.17, 15) is 9.59 Å². The summed E-state index contributed by atoms with van der Waals surface area (Å²) in [6.07, 6.45) is 0. The first kappa shape index (κ1) is 41.5. The summed E-state index contributed by atoms with van der Waals surface area (Å²) in [6.45, 7) is 3.65. The molecule has 0 fully saturated rings. The summed E-state index contributed by atoms with van der Waals surface area (Å²) >= 11 is 2.87. The summed E-state index contributed by atoms with van der Waals surface area (Å²) < 4.78 is 22.8. The Hall–Kier alpha value is -5.66. The smallest absolute Gasteiger partial charge is 0.264 e. The SMILES string of the molecule is COc1cc(CN(CCN)C(=O)c2cccs2)ccc1OCc1ccccc1.COc1cc(CN(CCN)C(=O)c2cccs2)ccc1OCc1ccccc1. The maximum Gasteiger partial charge on any atom is 0.264 e. The second-order valence-electron chi connectivity index (χ2n) is 12.5. The number of hydrogen-bond donors (Lipinski definition) is 2. The van der Waals surface area contributed by atoms with E-state index in [1.807, 2.05) is 132 Å². The van der Waals surface area contributed by atoms with Crippen LogP contribution in [-0.2, 0) is 26.3 Å². The Morgan fingerprint density at radius 3 is 1.27 bits per heavy atom. The van der Waals surface area contributed by atoms with E-state index in [0.29, 0.717) is 85.2 Å². The lowest BCUT2D eigenvalue weighted by Crippen LogP contribution is -2.34. The van der Waals surface area contributed by atoms with Gasteiger partial charge in [0.15, 0.2) is 23.0 Å². The highest BCUT2D eigenvalue weighted by atomic mass is 32.1. The summed E-state index contributed by atoms with van der Waals surface area (Å²) in [7, 11) is 3.23. The van der Waals surface area contributed by atoms with Crippen molar-refractivity contribution < 1.29 is 28.5 Å². The first-order valence-electron chi connectivity index (χ1n) is 18.1. The molecular weight excluding hydrogens is 745 g/mol. The van der Waals surface area contributed by atoms with Crippen LogP contribution in [0.2, 0.25) is 0 Å². The van der Waals surface area contributed by atoms with Gasteiger partial charge in [-0.25, -0.2) is 0 Å². The van der Waals surface area contributed by atoms with Crippen LogP contribution in [0.5, 0.6) is 23.0 Å². The van der Waals surface area contributed by atoms with E-state index in [-0.39, 0.29) is 11.8 Å². The van der Waals surface area contributed by atoms with Gasteiger partial charge in [0.05, 0.1) is 24.0 Å². The molecule has 0 aliphatic carbocycles. The minimum atomic E-state index is -0.0104. The zero-order valence-electron chi connectivity index (χ0n) is 31.7. The predicted octanol–water partition coefficient (Wildman–Crippen LogP) is 7.87. The molecule has 0 radical (unpaired) electrons. The van der Waals surface area contributed by atoms with E-state index in [1.54, 1.807) is 24.0 Å². The molecule has 0 saturated heterocycles. The molecule has 2 aromatic heterocycles. The molecule has 0 bridgehead atoms. The minimum Gasteiger partial charge on any atom is -0.493 e. The van der Waals surface area contributed by atoms with Crippen molar-refractivity contribution in [3.8, 4) is 23.0 Å². The largest absolute Gasteiger partial charge is 0.493 e. The number of methoxy groups -OCH3 is 2. The van der Waals surface area contributed by atoms with Crippen molar-refractivity contribution in [2.45, 2.75) is 26.3 Å². The van der Waals surface area contributed by atoms with Gasteiger partial charge >= 0.3 is 0 Å². The lowest BCUT2D eigenvalue weighted by molar-refractivity contribution is 0.0746. The molecule has 4 N–H and O–H groups in total. The summed E-state index contributed by atoms with van der Waals surface area (Å²) in [5.74, 6) is 2.61. The van der Waals surface area contributed by atoms with E-state index in [2.05, 4.69) is 0 Å². The third-order valence-corrected chi connectivity index (χ3v) is 10.2. The van der Waals surface area contributed by atoms with Crippen molar-refractivity contribution >= 4 is 34.5 Å². The molecule has 2 amide bonds. The Balaban J connectivity index is 0.000000214. The third-order valence-electron chi connectivity index (χ3n) is 8.51. The van der Waals surface area contributed by atoms with Gasteiger partial charge in [0.1, 0.15) is 13.2 Å². The fourth-order valence-corrected chi connectivity index (χ4v) is 7.08. The van der Waals surface area contributed by atoms with Crippen molar-refractivity contribution in [1.82, 2.24) is 9.80 Å². The fourth-order valence-electron chi connectivity index (χ4n) is 5.70. The summed E-state index contributed by atoms with van der Waals surface area (Å²) in [5, 5.41) is 3.80. The molecule has 2 heterocycles. The Kier molecular flexibility index (Phi) is 16.3. The highest BCUT2D eigenvalue weighted by Crippen LogP contribution is 2.31. The highest BCUT2D eigenvalue weighted by Gasteiger charge is 2.19. The Bertz CT molecular complexity index is 1910. The lowest BCUT2D eigenvalue weighted by atomic mass is 10.1. The summed E-state index contributed by atoms with van der Waals surface area (Å²) in [5.41, 5.74) is 15.5. The molecule has 4 aromatic carbocycles. The van der Waals surface area contributed by atoms with E-state index in [0.717, 1.165) is 22.3 Å². The topological polar surface area (TPSA) is 130 Å². The first-order valence-corrected chi connectivity index (χ1v) is 19.9. The van der Waals surface area contributed by atoms with Crippen molar-refractivity contribution in [3.63, 3.8) is 0 Å². The number of nitrogens with two attached hydrogens (primary N) is 2. The van der Waals surface area contributed by atoms with E-state index in [1.165, 1.54) is 22.7 Å². The van der Waals surface area contributed by atoms with Crippen molar-refractivity contribution in [2.24, 2.45) is 11.5 Å². The second-order valence-corrected chi connectivity index (χ2v) is 14.4. The number of carbonyl (C=O) groups excluding carboxylic acids is 2. The molecule has 292 valence electrons. The molecule has 0 spiro atoms. The normalized spacial score (nSPS) is 10.5. The highest BCUT2D eigenvalue weighted by molar-refractivity contribution is 7.12. The number of rotatable bonds is 18. The van der Waals surface area contributed by atoms with Gasteiger partial charge in [-0.15, -0.1) is 22.7 Å². The molecule has 6 aromatic rings. The van der Waals surface area contributed by atoms with Crippen LogP contribution < -0.4 is 30.4 Å². The first-order chi connectivity index (χ1) is 27.4. The molecule has 0 atom stereocenters. The molecule has 6 rings (SSSR count). The fraction of sp³-hybridized carbons (Fsp3) is 0.227. The Morgan fingerprint density at radius 2 is 0.929 bits per heavy atom. The Labute approximate surface area is 336 Å². The molecule has 0 aliphatic heterocycles. The molecule has 0 saturated carbocycles. The van der Waals surface area contributed by atoms with E-state index >= 15 is 0 Å². The number of hydrogen-bond acceptors (Lipinski definition) is 10. The number of thiophene rings is 2. The zero-order valence-corrected chi connectivity index (χ0v) is 33.3. The molecule has 12 heteroatoms. The van der Waals surface area contributed by atoms with Gasteiger partial charge in [0, 0.05) is 39.3 Å². The number of nitrogens with zero attached hydrogens (tertiary/aromatic N) is 2. The molecule has 56 heavy (non-hydrogen) atoms. The van der Waals surface area contributed by atoms with Gasteiger partial charge in [-0.3, -0.25) is 9.59 Å². The van der Waals surface area contributed by atoms with E-state index < -0.39 is 0 Å². The zero-order chi connectivity index (χ0) is 39.5. The van der Waals surface area contributed by atoms with Crippen LogP contribution in [0.25, 0.3) is 0 Å². The maximum absolute atomic E-state index is 12.7. The monoisotopic (exact) mass is 792 g/mol. The van der Waals surface area contributed by atoms with Gasteiger partial charge in [0.25, 0.3) is 11.8 Å². The van der Waals surface area contributed by atoms with Crippen LogP contribution in [0.3, 0.4) is 0 Å². The average Bonchev–Trinajstić information content (AvgIpc) is 3.99. The van der Waals surface area contributed by atoms with Crippen LogP contribution in [-0.4, -0.2) is 62.0 Å². The van der Waals surface area contributed by atoms with Crippen LogP contribution in [0.15, 0.2) is 132 Å². The third kappa shape index (κ3) is 12.2. The van der Waals surface area contributed by atoms with Crippen LogP contribution in [0.4, 0.5) is 0 Å². The van der Waals surface area contributed by atoms with Crippen LogP contribution in [0.1, 0.15) is 41.6 Å². The molecular formula is C44H48N4O6S2. The van der Waals surface area contributed by atoms with Crippen molar-refractivity contribution in [3.05, 3.63) is 164 Å². The van der Waals surface area contributed by atoms with E-state index in [4.69, 9.17) is 30.4 Å². The number of ether oxygens (including phenoxy) is 4. The standard InChI is InChI=1S/2C22H24N2O3S/c2*1-26-20-14-18(9-10-19(20)27-16-17-6-3-2-4-7-17)15-24(12-11-23)22(25)21-8-5-13-28-21/h2*2-10,13-14H,11-12,15-16,23H2,1H3. The predicted molar refractivity (Wildman–Crippen MR) is 224 cm³/mol. The second kappa shape index (κ2) is 22.0. The lowest BCUT2D eigenvalue weighted by Gasteiger charge is -2.22. The Morgan fingerprint density at radius 1 is 0.518 bits per heavy atom. The van der Waals surface area contributed by atoms with Gasteiger partial charge in [0.2, 0.25) is 0 Å². The summed E-state index contributed by atoms with van der Waals surface area (Å²) in [6, 6.07) is 38.8. The van der Waals surface area contributed by atoms with Crippen molar-refractivity contribution in [1.29, 1.82) is 0 Å². The van der Waals surface area contributed by atoms with Gasteiger partial charge in [-0.1, -0.05) is 84.9 Å². The minimum absolute atomic E-state index is 0.0104. The van der Waals surface area contributed by atoms with Gasteiger partial charge in [-0.2, -0.15) is 0 Å². The summed E-state index contributed by atoms with van der Waals surface area (Å²) in [4.78, 5) is 30.3. The van der Waals surface area contributed by atoms with Gasteiger partial charge in [-0.05, 0) is 69.4 Å². The van der Waals surface area contributed by atoms with Gasteiger partial charge < -0.3 is 40.2 Å². The quantitative estimate of drug-likeness (QED) is 0.0900. The average molecular weight is 793 g/mol.